The zero-order valence-corrected chi connectivity index (χ0v) is 11.5. The van der Waals surface area contributed by atoms with Gasteiger partial charge in [-0.25, -0.2) is 0 Å². The molecule has 4 nitrogen and oxygen atoms in total. The summed E-state index contributed by atoms with van der Waals surface area (Å²) in [7, 11) is 0. The number of rotatable bonds is 2. The molecular weight excluding hydrogens is 302 g/mol. The van der Waals surface area contributed by atoms with Crippen LogP contribution in [0.3, 0.4) is 0 Å². The zero-order chi connectivity index (χ0) is 11.8. The summed E-state index contributed by atoms with van der Waals surface area (Å²) in [4.78, 5) is 5.49. The maximum absolute atomic E-state index is 5.89. The summed E-state index contributed by atoms with van der Waals surface area (Å²) >= 11 is 5.03. The van der Waals surface area contributed by atoms with Crippen molar-refractivity contribution in [1.29, 1.82) is 0 Å². The Morgan fingerprint density at radius 3 is 2.94 bits per heavy atom. The van der Waals surface area contributed by atoms with Crippen molar-refractivity contribution in [3.63, 3.8) is 0 Å². The standard InChI is InChI=1S/C11H12BrN3OS/c12-9-4-3-8(17-9)10-14-11(16-15-10)6-1-2-7(13)5-6/h3-4,6-7H,1-2,5,13H2/t6-,7+/m1/s1. The molecule has 6 heteroatoms. The molecule has 0 amide bonds. The van der Waals surface area contributed by atoms with E-state index in [1.807, 2.05) is 12.1 Å². The molecule has 17 heavy (non-hydrogen) atoms. The molecule has 2 N–H and O–H groups in total. The molecule has 3 rings (SSSR count). The molecule has 0 saturated heterocycles. The molecule has 2 aromatic heterocycles. The first kappa shape index (κ1) is 11.4. The van der Waals surface area contributed by atoms with Crippen LogP contribution in [0.1, 0.15) is 31.1 Å². The van der Waals surface area contributed by atoms with E-state index < -0.39 is 0 Å². The molecule has 0 aromatic carbocycles. The molecule has 2 heterocycles. The Morgan fingerprint density at radius 2 is 2.29 bits per heavy atom. The molecule has 1 aliphatic rings. The number of nitrogens with zero attached hydrogens (tertiary/aromatic N) is 2. The summed E-state index contributed by atoms with van der Waals surface area (Å²) in [6, 6.07) is 4.26. The molecule has 0 unspecified atom stereocenters. The van der Waals surface area contributed by atoms with Crippen molar-refractivity contribution in [3.05, 3.63) is 21.8 Å². The fraction of sp³-hybridized carbons (Fsp3) is 0.455. The molecule has 90 valence electrons. The second-order valence-corrected chi connectivity index (χ2v) is 6.79. The summed E-state index contributed by atoms with van der Waals surface area (Å²) < 4.78 is 6.41. The number of aromatic nitrogens is 2. The average Bonchev–Trinajstić information content (AvgIpc) is 2.96. The largest absolute Gasteiger partial charge is 0.339 e. The molecule has 2 atom stereocenters. The van der Waals surface area contributed by atoms with Crippen molar-refractivity contribution in [3.8, 4) is 10.7 Å². The van der Waals surface area contributed by atoms with Gasteiger partial charge in [0.2, 0.25) is 11.7 Å². The Bertz CT molecular complexity index is 524. The van der Waals surface area contributed by atoms with Crippen LogP contribution in [0.4, 0.5) is 0 Å². The molecule has 1 fully saturated rings. The number of thiophene rings is 1. The van der Waals surface area contributed by atoms with Crippen LogP contribution >= 0.6 is 27.3 Å². The predicted octanol–water partition coefficient (Wildman–Crippen LogP) is 3.16. The molecule has 1 saturated carbocycles. The molecular formula is C11H12BrN3OS. The smallest absolute Gasteiger partial charge is 0.230 e. The van der Waals surface area contributed by atoms with E-state index in [-0.39, 0.29) is 6.04 Å². The minimum atomic E-state index is 0.284. The van der Waals surface area contributed by atoms with Crippen molar-refractivity contribution in [1.82, 2.24) is 10.1 Å². The maximum Gasteiger partial charge on any atom is 0.230 e. The summed E-state index contributed by atoms with van der Waals surface area (Å²) in [6.45, 7) is 0. The highest BCUT2D eigenvalue weighted by molar-refractivity contribution is 9.11. The van der Waals surface area contributed by atoms with Gasteiger partial charge in [-0.2, -0.15) is 4.98 Å². The van der Waals surface area contributed by atoms with Crippen LogP contribution in [0, 0.1) is 0 Å². The lowest BCUT2D eigenvalue weighted by atomic mass is 10.1. The van der Waals surface area contributed by atoms with Crippen molar-refractivity contribution in [2.24, 2.45) is 5.73 Å². The zero-order valence-electron chi connectivity index (χ0n) is 9.10. The maximum atomic E-state index is 5.89. The molecule has 0 radical (unpaired) electrons. The van der Waals surface area contributed by atoms with Crippen molar-refractivity contribution < 1.29 is 4.52 Å². The van der Waals surface area contributed by atoms with Gasteiger partial charge in [-0.15, -0.1) is 11.3 Å². The van der Waals surface area contributed by atoms with Gasteiger partial charge in [-0.1, -0.05) is 5.16 Å². The number of nitrogens with two attached hydrogens (primary N) is 1. The lowest BCUT2D eigenvalue weighted by Crippen LogP contribution is -2.14. The lowest BCUT2D eigenvalue weighted by molar-refractivity contribution is 0.353. The third kappa shape index (κ3) is 2.29. The van der Waals surface area contributed by atoms with Crippen LogP contribution in [-0.2, 0) is 0 Å². The monoisotopic (exact) mass is 313 g/mol. The summed E-state index contributed by atoms with van der Waals surface area (Å²) in [5.74, 6) is 1.75. The Labute approximate surface area is 111 Å². The highest BCUT2D eigenvalue weighted by atomic mass is 79.9. The van der Waals surface area contributed by atoms with Gasteiger partial charge in [-0.3, -0.25) is 0 Å². The van der Waals surface area contributed by atoms with Gasteiger partial charge in [0.05, 0.1) is 8.66 Å². The van der Waals surface area contributed by atoms with Crippen LogP contribution in [0.15, 0.2) is 20.4 Å². The highest BCUT2D eigenvalue weighted by Crippen LogP contribution is 2.35. The third-order valence-corrected chi connectivity index (χ3v) is 4.68. The predicted molar refractivity (Wildman–Crippen MR) is 69.9 cm³/mol. The first-order valence-electron chi connectivity index (χ1n) is 5.57. The van der Waals surface area contributed by atoms with Crippen LogP contribution < -0.4 is 5.73 Å². The summed E-state index contributed by atoms with van der Waals surface area (Å²) in [5, 5.41) is 4.03. The van der Waals surface area contributed by atoms with Gasteiger partial charge < -0.3 is 10.3 Å². The molecule has 1 aliphatic carbocycles. The van der Waals surface area contributed by atoms with Gasteiger partial charge in [0.15, 0.2) is 0 Å². The number of hydrogen-bond acceptors (Lipinski definition) is 5. The van der Waals surface area contributed by atoms with E-state index in [0.717, 1.165) is 33.8 Å². The number of hydrogen-bond donors (Lipinski definition) is 1. The Kier molecular flexibility index (Phi) is 3.02. The lowest BCUT2D eigenvalue weighted by Gasteiger charge is -2.01. The van der Waals surface area contributed by atoms with E-state index in [0.29, 0.717) is 11.7 Å². The summed E-state index contributed by atoms with van der Waals surface area (Å²) in [6.07, 6.45) is 3.06. The second-order valence-electron chi connectivity index (χ2n) is 4.33. The van der Waals surface area contributed by atoms with Crippen molar-refractivity contribution >= 4 is 27.3 Å². The second kappa shape index (κ2) is 4.51. The van der Waals surface area contributed by atoms with Crippen molar-refractivity contribution in [2.75, 3.05) is 0 Å². The minimum Gasteiger partial charge on any atom is -0.339 e. The average molecular weight is 314 g/mol. The molecule has 0 aliphatic heterocycles. The highest BCUT2D eigenvalue weighted by Gasteiger charge is 2.28. The van der Waals surface area contributed by atoms with Crippen LogP contribution in [0.2, 0.25) is 0 Å². The van der Waals surface area contributed by atoms with Gasteiger partial charge in [-0.05, 0) is 47.3 Å². The Hall–Kier alpha value is -0.720. The first-order valence-corrected chi connectivity index (χ1v) is 7.18. The van der Waals surface area contributed by atoms with Gasteiger partial charge in [0.25, 0.3) is 0 Å². The van der Waals surface area contributed by atoms with E-state index in [2.05, 4.69) is 26.1 Å². The Morgan fingerprint density at radius 1 is 1.41 bits per heavy atom. The van der Waals surface area contributed by atoms with Gasteiger partial charge in [0.1, 0.15) is 0 Å². The van der Waals surface area contributed by atoms with Gasteiger partial charge >= 0.3 is 0 Å². The fourth-order valence-corrected chi connectivity index (χ4v) is 3.49. The molecule has 2 aromatic rings. The van der Waals surface area contributed by atoms with Crippen LogP contribution in [-0.4, -0.2) is 16.2 Å². The quantitative estimate of drug-likeness (QED) is 0.925. The number of halogens is 1. The minimum absolute atomic E-state index is 0.284. The fourth-order valence-electron chi connectivity index (χ4n) is 2.18. The van der Waals surface area contributed by atoms with Crippen LogP contribution in [0.5, 0.6) is 0 Å². The van der Waals surface area contributed by atoms with Crippen molar-refractivity contribution in [2.45, 2.75) is 31.2 Å². The van der Waals surface area contributed by atoms with E-state index in [1.54, 1.807) is 11.3 Å². The van der Waals surface area contributed by atoms with E-state index in [9.17, 15) is 0 Å². The third-order valence-electron chi connectivity index (χ3n) is 3.06. The summed E-state index contributed by atoms with van der Waals surface area (Å²) in [5.41, 5.74) is 5.89. The van der Waals surface area contributed by atoms with E-state index in [1.165, 1.54) is 0 Å². The SMILES string of the molecule is N[C@H]1CC[C@@H](c2nc(-c3ccc(Br)s3)no2)C1. The van der Waals surface area contributed by atoms with E-state index >= 15 is 0 Å². The first-order chi connectivity index (χ1) is 8.22. The molecule has 0 bridgehead atoms. The topological polar surface area (TPSA) is 64.9 Å². The van der Waals surface area contributed by atoms with Gasteiger partial charge in [0, 0.05) is 12.0 Å². The van der Waals surface area contributed by atoms with Crippen LogP contribution in [0.25, 0.3) is 10.7 Å². The van der Waals surface area contributed by atoms with E-state index in [4.69, 9.17) is 10.3 Å². The molecule has 0 spiro atoms. The normalized spacial score (nSPS) is 24.4. The Balaban J connectivity index is 1.83.